The molecule has 2 N–H and O–H groups in total. The normalized spacial score (nSPS) is 10.2. The van der Waals surface area contributed by atoms with Gasteiger partial charge in [0.25, 0.3) is 11.8 Å². The molecule has 0 bridgehead atoms. The van der Waals surface area contributed by atoms with Gasteiger partial charge in [0.2, 0.25) is 0 Å². The molecule has 0 unspecified atom stereocenters. The predicted molar refractivity (Wildman–Crippen MR) is 77.7 cm³/mol. The highest BCUT2D eigenvalue weighted by molar-refractivity contribution is 5.98. The molecule has 0 aromatic carbocycles. The summed E-state index contributed by atoms with van der Waals surface area (Å²) in [5, 5.41) is 5.40. The third-order valence-electron chi connectivity index (χ3n) is 2.51. The van der Waals surface area contributed by atoms with Gasteiger partial charge >= 0.3 is 0 Å². The molecule has 6 nitrogen and oxygen atoms in total. The summed E-state index contributed by atoms with van der Waals surface area (Å²) in [5.41, 5.74) is 0.634. The molecule has 1 aromatic heterocycles. The van der Waals surface area contributed by atoms with E-state index in [9.17, 15) is 9.59 Å². The Hall–Kier alpha value is -2.21. The molecule has 0 saturated carbocycles. The maximum Gasteiger partial charge on any atom is 0.270 e. The average Bonchev–Trinajstić information content (AvgIpc) is 2.44. The summed E-state index contributed by atoms with van der Waals surface area (Å²) in [6.07, 6.45) is 3.03. The standard InChI is InChI=1S/C14H20N4O2/c1-4-6-16-14(20)12-10-11(5-7-15-12)13(19)17-8-9-18(2)3/h4-5,7,10H,1,6,8-9H2,2-3H3,(H,16,20)(H,17,19). The Morgan fingerprint density at radius 1 is 1.35 bits per heavy atom. The van der Waals surface area contributed by atoms with Crippen LogP contribution < -0.4 is 10.6 Å². The Kier molecular flexibility index (Phi) is 6.39. The van der Waals surface area contributed by atoms with Crippen molar-refractivity contribution in [1.82, 2.24) is 20.5 Å². The van der Waals surface area contributed by atoms with Crippen LogP contribution in [0.25, 0.3) is 0 Å². The van der Waals surface area contributed by atoms with E-state index in [2.05, 4.69) is 22.2 Å². The smallest absolute Gasteiger partial charge is 0.270 e. The average molecular weight is 276 g/mol. The quantitative estimate of drug-likeness (QED) is 0.702. The summed E-state index contributed by atoms with van der Waals surface area (Å²) in [7, 11) is 3.86. The van der Waals surface area contributed by atoms with Gasteiger partial charge in [0.15, 0.2) is 0 Å². The Labute approximate surface area is 118 Å². The number of pyridine rings is 1. The molecule has 0 aliphatic carbocycles. The second-order valence-electron chi connectivity index (χ2n) is 4.49. The van der Waals surface area contributed by atoms with Gasteiger partial charge < -0.3 is 15.5 Å². The second-order valence-corrected chi connectivity index (χ2v) is 4.49. The highest BCUT2D eigenvalue weighted by Gasteiger charge is 2.10. The van der Waals surface area contributed by atoms with Crippen LogP contribution in [0, 0.1) is 0 Å². The summed E-state index contributed by atoms with van der Waals surface area (Å²) >= 11 is 0. The molecular weight excluding hydrogens is 256 g/mol. The minimum absolute atomic E-state index is 0.215. The van der Waals surface area contributed by atoms with Gasteiger partial charge in [-0.15, -0.1) is 6.58 Å². The van der Waals surface area contributed by atoms with Crippen LogP contribution in [0.1, 0.15) is 20.8 Å². The highest BCUT2D eigenvalue weighted by Crippen LogP contribution is 2.02. The lowest BCUT2D eigenvalue weighted by atomic mass is 10.2. The summed E-state index contributed by atoms with van der Waals surface area (Å²) in [5.74, 6) is -0.542. The molecule has 0 radical (unpaired) electrons. The molecule has 20 heavy (non-hydrogen) atoms. The molecule has 108 valence electrons. The lowest BCUT2D eigenvalue weighted by molar-refractivity contribution is 0.0951. The number of nitrogens with zero attached hydrogens (tertiary/aromatic N) is 2. The molecule has 2 amide bonds. The van der Waals surface area contributed by atoms with Crippen molar-refractivity contribution < 1.29 is 9.59 Å². The van der Waals surface area contributed by atoms with E-state index in [1.54, 1.807) is 12.1 Å². The van der Waals surface area contributed by atoms with E-state index in [-0.39, 0.29) is 17.5 Å². The van der Waals surface area contributed by atoms with E-state index in [0.29, 0.717) is 18.7 Å². The number of amides is 2. The van der Waals surface area contributed by atoms with Gasteiger partial charge in [-0.3, -0.25) is 14.6 Å². The number of carbonyl (C=O) groups excluding carboxylic acids is 2. The van der Waals surface area contributed by atoms with E-state index in [1.807, 2.05) is 19.0 Å². The summed E-state index contributed by atoms with van der Waals surface area (Å²) in [6, 6.07) is 3.05. The summed E-state index contributed by atoms with van der Waals surface area (Å²) in [4.78, 5) is 29.6. The molecular formula is C14H20N4O2. The molecule has 0 spiro atoms. The lowest BCUT2D eigenvalue weighted by Crippen LogP contribution is -2.31. The first-order valence-corrected chi connectivity index (χ1v) is 6.32. The van der Waals surface area contributed by atoms with Gasteiger partial charge in [0, 0.05) is 31.4 Å². The Balaban J connectivity index is 2.64. The van der Waals surface area contributed by atoms with Gasteiger partial charge in [-0.1, -0.05) is 6.08 Å². The van der Waals surface area contributed by atoms with Gasteiger partial charge in [0.05, 0.1) is 0 Å². The second kappa shape index (κ2) is 8.06. The topological polar surface area (TPSA) is 74.3 Å². The van der Waals surface area contributed by atoms with Crippen LogP contribution >= 0.6 is 0 Å². The molecule has 6 heteroatoms. The van der Waals surface area contributed by atoms with Crippen LogP contribution in [0.5, 0.6) is 0 Å². The molecule has 1 rings (SSSR count). The fraction of sp³-hybridized carbons (Fsp3) is 0.357. The first-order valence-electron chi connectivity index (χ1n) is 6.32. The largest absolute Gasteiger partial charge is 0.351 e. The first kappa shape index (κ1) is 15.8. The third-order valence-corrected chi connectivity index (χ3v) is 2.51. The predicted octanol–water partition coefficient (Wildman–Crippen LogP) is 0.289. The van der Waals surface area contributed by atoms with Crippen molar-refractivity contribution in [2.75, 3.05) is 33.7 Å². The van der Waals surface area contributed by atoms with Crippen molar-refractivity contribution in [1.29, 1.82) is 0 Å². The van der Waals surface area contributed by atoms with Crippen molar-refractivity contribution in [3.63, 3.8) is 0 Å². The fourth-order valence-electron chi connectivity index (χ4n) is 1.45. The number of hydrogen-bond donors (Lipinski definition) is 2. The van der Waals surface area contributed by atoms with Crippen LogP contribution in [0.3, 0.4) is 0 Å². The van der Waals surface area contributed by atoms with Crippen molar-refractivity contribution in [3.8, 4) is 0 Å². The molecule has 0 saturated heterocycles. The van der Waals surface area contributed by atoms with Crippen molar-refractivity contribution in [2.24, 2.45) is 0 Å². The zero-order chi connectivity index (χ0) is 15.0. The number of carbonyl (C=O) groups is 2. The Morgan fingerprint density at radius 3 is 2.75 bits per heavy atom. The van der Waals surface area contributed by atoms with Gasteiger partial charge in [-0.2, -0.15) is 0 Å². The van der Waals surface area contributed by atoms with Crippen LogP contribution in [0.4, 0.5) is 0 Å². The molecule has 0 aliphatic rings. The number of rotatable bonds is 7. The van der Waals surface area contributed by atoms with Gasteiger partial charge in [0.1, 0.15) is 5.69 Å². The SMILES string of the molecule is C=CCNC(=O)c1cc(C(=O)NCCN(C)C)ccn1. The highest BCUT2D eigenvalue weighted by atomic mass is 16.2. The Bertz CT molecular complexity index is 486. The van der Waals surface area contributed by atoms with Gasteiger partial charge in [-0.25, -0.2) is 0 Å². The van der Waals surface area contributed by atoms with E-state index in [4.69, 9.17) is 0 Å². The maximum atomic E-state index is 11.9. The Morgan fingerprint density at radius 2 is 2.10 bits per heavy atom. The van der Waals surface area contributed by atoms with Crippen molar-refractivity contribution in [2.45, 2.75) is 0 Å². The van der Waals surface area contributed by atoms with E-state index < -0.39 is 0 Å². The molecule has 0 aliphatic heterocycles. The van der Waals surface area contributed by atoms with E-state index in [1.165, 1.54) is 12.3 Å². The van der Waals surface area contributed by atoms with Crippen LogP contribution in [0.15, 0.2) is 31.0 Å². The summed E-state index contributed by atoms with van der Waals surface area (Å²) in [6.45, 7) is 5.18. The van der Waals surface area contributed by atoms with Crippen LogP contribution in [0.2, 0.25) is 0 Å². The van der Waals surface area contributed by atoms with Crippen molar-refractivity contribution in [3.05, 3.63) is 42.2 Å². The number of nitrogens with one attached hydrogen (secondary N) is 2. The van der Waals surface area contributed by atoms with E-state index in [0.717, 1.165) is 6.54 Å². The number of aromatic nitrogens is 1. The fourth-order valence-corrected chi connectivity index (χ4v) is 1.45. The maximum absolute atomic E-state index is 11.9. The van der Waals surface area contributed by atoms with E-state index >= 15 is 0 Å². The van der Waals surface area contributed by atoms with Crippen LogP contribution in [-0.2, 0) is 0 Å². The van der Waals surface area contributed by atoms with Crippen molar-refractivity contribution >= 4 is 11.8 Å². The number of hydrogen-bond acceptors (Lipinski definition) is 4. The first-order chi connectivity index (χ1) is 9.54. The zero-order valence-corrected chi connectivity index (χ0v) is 11.8. The minimum atomic E-state index is -0.326. The number of likely N-dealkylation sites (N-methyl/N-ethyl adjacent to an activating group) is 1. The molecule has 0 atom stereocenters. The molecule has 0 fully saturated rings. The lowest BCUT2D eigenvalue weighted by Gasteiger charge is -2.10. The summed E-state index contributed by atoms with van der Waals surface area (Å²) < 4.78 is 0. The third kappa shape index (κ3) is 5.19. The zero-order valence-electron chi connectivity index (χ0n) is 11.8. The molecule has 1 aromatic rings. The van der Waals surface area contributed by atoms with Gasteiger partial charge in [-0.05, 0) is 26.2 Å². The molecule has 1 heterocycles. The minimum Gasteiger partial charge on any atom is -0.351 e. The monoisotopic (exact) mass is 276 g/mol. The van der Waals surface area contributed by atoms with Crippen LogP contribution in [-0.4, -0.2) is 55.4 Å².